The number of benzene rings is 1. The highest BCUT2D eigenvalue weighted by Crippen LogP contribution is 2.21. The summed E-state index contributed by atoms with van der Waals surface area (Å²) in [6, 6.07) is 11.4. The van der Waals surface area contributed by atoms with E-state index in [1.54, 1.807) is 4.68 Å². The maximum absolute atomic E-state index is 6.00. The lowest BCUT2D eigenvalue weighted by molar-refractivity contribution is 0.224. The predicted molar refractivity (Wildman–Crippen MR) is 110 cm³/mol. The van der Waals surface area contributed by atoms with Crippen LogP contribution in [0.25, 0.3) is 11.4 Å². The standard InChI is InChI=1S/C18H18BrClN4OS/c1-3-10-23-17(13-4-6-14(20)7-5-13)21-24(18(23)26)12-22(2)11-15-8-9-16(19)25-15/h3-9H,1,10-12H2,2H3. The molecule has 136 valence electrons. The lowest BCUT2D eigenvalue weighted by atomic mass is 10.2. The van der Waals surface area contributed by atoms with Gasteiger partial charge in [-0.3, -0.25) is 9.47 Å². The van der Waals surface area contributed by atoms with Gasteiger partial charge in [-0.05, 0) is 71.6 Å². The van der Waals surface area contributed by atoms with Gasteiger partial charge in [0.05, 0.1) is 13.2 Å². The molecule has 0 bridgehead atoms. The van der Waals surface area contributed by atoms with Gasteiger partial charge in [-0.1, -0.05) is 17.7 Å². The summed E-state index contributed by atoms with van der Waals surface area (Å²) in [5, 5.41) is 5.40. The molecule has 1 aromatic carbocycles. The largest absolute Gasteiger partial charge is 0.453 e. The van der Waals surface area contributed by atoms with Crippen molar-refractivity contribution in [3.05, 3.63) is 69.3 Å². The number of furan rings is 1. The highest BCUT2D eigenvalue weighted by Gasteiger charge is 2.14. The van der Waals surface area contributed by atoms with Gasteiger partial charge in [0.25, 0.3) is 0 Å². The Morgan fingerprint density at radius 1 is 1.31 bits per heavy atom. The first-order chi connectivity index (χ1) is 12.5. The number of hydrogen-bond donors (Lipinski definition) is 0. The van der Waals surface area contributed by atoms with Crippen molar-refractivity contribution in [3.63, 3.8) is 0 Å². The van der Waals surface area contributed by atoms with E-state index in [9.17, 15) is 0 Å². The van der Waals surface area contributed by atoms with Crippen molar-refractivity contribution < 1.29 is 4.42 Å². The third kappa shape index (κ3) is 4.35. The van der Waals surface area contributed by atoms with Crippen molar-refractivity contribution in [3.8, 4) is 11.4 Å². The smallest absolute Gasteiger partial charge is 0.199 e. The van der Waals surface area contributed by atoms with Crippen molar-refractivity contribution in [2.45, 2.75) is 19.8 Å². The van der Waals surface area contributed by atoms with E-state index < -0.39 is 0 Å². The molecule has 0 saturated carbocycles. The predicted octanol–water partition coefficient (Wildman–Crippen LogP) is 5.37. The molecule has 0 unspecified atom stereocenters. The zero-order chi connectivity index (χ0) is 18.7. The van der Waals surface area contributed by atoms with E-state index in [4.69, 9.17) is 33.3 Å². The van der Waals surface area contributed by atoms with Gasteiger partial charge in [-0.15, -0.1) is 6.58 Å². The molecule has 0 aliphatic heterocycles. The normalized spacial score (nSPS) is 11.2. The molecule has 3 aromatic rings. The van der Waals surface area contributed by atoms with Crippen molar-refractivity contribution in [2.24, 2.45) is 0 Å². The fourth-order valence-electron chi connectivity index (χ4n) is 2.62. The Kier molecular flexibility index (Phi) is 6.13. The zero-order valence-electron chi connectivity index (χ0n) is 14.2. The maximum Gasteiger partial charge on any atom is 0.199 e. The van der Waals surface area contributed by atoms with Gasteiger partial charge >= 0.3 is 0 Å². The molecule has 0 aliphatic rings. The van der Waals surface area contributed by atoms with Gasteiger partial charge in [0.1, 0.15) is 5.76 Å². The molecule has 0 N–H and O–H groups in total. The van der Waals surface area contributed by atoms with E-state index in [-0.39, 0.29) is 0 Å². The molecule has 0 radical (unpaired) electrons. The first-order valence-electron chi connectivity index (χ1n) is 7.95. The van der Waals surface area contributed by atoms with Crippen LogP contribution in [0.2, 0.25) is 5.02 Å². The average molecular weight is 454 g/mol. The maximum atomic E-state index is 6.00. The van der Waals surface area contributed by atoms with Crippen LogP contribution in [0.15, 0.2) is 58.1 Å². The topological polar surface area (TPSA) is 39.1 Å². The van der Waals surface area contributed by atoms with Crippen molar-refractivity contribution in [2.75, 3.05) is 7.05 Å². The van der Waals surface area contributed by atoms with E-state index in [2.05, 4.69) is 27.4 Å². The molecule has 0 spiro atoms. The fourth-order valence-corrected chi connectivity index (χ4v) is 3.35. The molecule has 2 aromatic heterocycles. The van der Waals surface area contributed by atoms with Crippen LogP contribution in [0.3, 0.4) is 0 Å². The van der Waals surface area contributed by atoms with Gasteiger partial charge in [0.2, 0.25) is 0 Å². The van der Waals surface area contributed by atoms with Gasteiger partial charge in [-0.2, -0.15) is 5.10 Å². The second-order valence-electron chi connectivity index (χ2n) is 5.87. The van der Waals surface area contributed by atoms with Crippen molar-refractivity contribution in [1.82, 2.24) is 19.2 Å². The van der Waals surface area contributed by atoms with Crippen LogP contribution in [-0.2, 0) is 19.8 Å². The number of hydrogen-bond acceptors (Lipinski definition) is 4. The highest BCUT2D eigenvalue weighted by molar-refractivity contribution is 9.10. The molecule has 2 heterocycles. The minimum Gasteiger partial charge on any atom is -0.453 e. The minimum absolute atomic E-state index is 0.544. The third-order valence-electron chi connectivity index (χ3n) is 3.77. The lowest BCUT2D eigenvalue weighted by Crippen LogP contribution is -2.22. The first kappa shape index (κ1) is 19.1. The van der Waals surface area contributed by atoms with E-state index in [0.717, 1.165) is 21.8 Å². The number of allylic oxidation sites excluding steroid dienone is 1. The molecule has 0 aliphatic carbocycles. The minimum atomic E-state index is 0.544. The van der Waals surface area contributed by atoms with Crippen LogP contribution in [0.1, 0.15) is 5.76 Å². The summed E-state index contributed by atoms with van der Waals surface area (Å²) in [5.41, 5.74) is 0.957. The third-order valence-corrected chi connectivity index (χ3v) is 4.88. The van der Waals surface area contributed by atoms with Gasteiger partial charge in [0.15, 0.2) is 15.3 Å². The second-order valence-corrected chi connectivity index (χ2v) is 7.46. The Balaban J connectivity index is 1.87. The summed E-state index contributed by atoms with van der Waals surface area (Å²) in [7, 11) is 1.99. The van der Waals surface area contributed by atoms with Crippen LogP contribution >= 0.6 is 39.7 Å². The molecular weight excluding hydrogens is 436 g/mol. The Bertz CT molecular complexity index is 960. The molecule has 26 heavy (non-hydrogen) atoms. The Hall–Kier alpha value is -1.67. The van der Waals surface area contributed by atoms with Gasteiger partial charge in [-0.25, -0.2) is 4.68 Å². The summed E-state index contributed by atoms with van der Waals surface area (Å²) in [6.45, 7) is 5.61. The molecule has 0 atom stereocenters. The number of nitrogens with zero attached hydrogens (tertiary/aromatic N) is 4. The summed E-state index contributed by atoms with van der Waals surface area (Å²) >= 11 is 14.9. The van der Waals surface area contributed by atoms with E-state index >= 15 is 0 Å². The Morgan fingerprint density at radius 2 is 2.04 bits per heavy atom. The number of aromatic nitrogens is 3. The van der Waals surface area contributed by atoms with Crippen LogP contribution < -0.4 is 0 Å². The van der Waals surface area contributed by atoms with Crippen molar-refractivity contribution in [1.29, 1.82) is 0 Å². The summed E-state index contributed by atoms with van der Waals surface area (Å²) in [5.74, 6) is 1.66. The zero-order valence-corrected chi connectivity index (χ0v) is 17.4. The Labute approximate surface area is 170 Å². The average Bonchev–Trinajstić information content (AvgIpc) is 3.14. The van der Waals surface area contributed by atoms with E-state index in [1.807, 2.05) is 54.1 Å². The van der Waals surface area contributed by atoms with Crippen molar-refractivity contribution >= 4 is 39.7 Å². The molecule has 0 saturated heterocycles. The van der Waals surface area contributed by atoms with Gasteiger partial charge in [0, 0.05) is 17.1 Å². The summed E-state index contributed by atoms with van der Waals surface area (Å²) in [4.78, 5) is 2.08. The first-order valence-corrected chi connectivity index (χ1v) is 9.53. The number of halogens is 2. The molecule has 0 fully saturated rings. The molecule has 8 heteroatoms. The molecule has 5 nitrogen and oxygen atoms in total. The summed E-state index contributed by atoms with van der Waals surface area (Å²) < 4.78 is 10.7. The van der Waals surface area contributed by atoms with E-state index in [0.29, 0.717) is 29.6 Å². The van der Waals surface area contributed by atoms with Crippen LogP contribution in [0.4, 0.5) is 0 Å². The Morgan fingerprint density at radius 3 is 2.65 bits per heavy atom. The second kappa shape index (κ2) is 8.35. The summed E-state index contributed by atoms with van der Waals surface area (Å²) in [6.07, 6.45) is 1.81. The quantitative estimate of drug-likeness (QED) is 0.356. The van der Waals surface area contributed by atoms with Crippen LogP contribution in [0, 0.1) is 4.77 Å². The molecule has 0 amide bonds. The number of rotatable bonds is 7. The van der Waals surface area contributed by atoms with Crippen LogP contribution in [-0.4, -0.2) is 26.3 Å². The molecule has 3 rings (SSSR count). The van der Waals surface area contributed by atoms with Crippen LogP contribution in [0.5, 0.6) is 0 Å². The monoisotopic (exact) mass is 452 g/mol. The van der Waals surface area contributed by atoms with Gasteiger partial charge < -0.3 is 4.42 Å². The SMILES string of the molecule is C=CCn1c(-c2ccc(Cl)cc2)nn(CN(C)Cc2ccc(Br)o2)c1=S. The lowest BCUT2D eigenvalue weighted by Gasteiger charge is -2.14. The fraction of sp³-hybridized carbons (Fsp3) is 0.222. The highest BCUT2D eigenvalue weighted by atomic mass is 79.9. The van der Waals surface area contributed by atoms with E-state index in [1.165, 1.54) is 0 Å². The molecular formula is C18H18BrClN4OS.